The zero-order chi connectivity index (χ0) is 15.4. The fraction of sp³-hybridized carbons (Fsp3) is 0.200. The van der Waals surface area contributed by atoms with Gasteiger partial charge in [0, 0.05) is 11.1 Å². The summed E-state index contributed by atoms with van der Waals surface area (Å²) in [7, 11) is 1.63. The third kappa shape index (κ3) is 3.57. The normalized spacial score (nSPS) is 12.5. The number of para-hydroxylation sites is 1. The average Bonchev–Trinajstić information content (AvgIpc) is 2.45. The number of hydrogen-bond donors (Lipinski definition) is 1. The second-order valence-electron chi connectivity index (χ2n) is 4.28. The molecule has 6 heteroatoms. The minimum absolute atomic E-state index is 0.0197. The van der Waals surface area contributed by atoms with Crippen LogP contribution in [0.2, 0.25) is 0 Å². The van der Waals surface area contributed by atoms with Crippen LogP contribution in [0.5, 0.6) is 5.75 Å². The maximum Gasteiger partial charge on any atom is 0.387 e. The van der Waals surface area contributed by atoms with Gasteiger partial charge in [-0.05, 0) is 35.1 Å². The lowest BCUT2D eigenvalue weighted by molar-refractivity contribution is -0.0506. The van der Waals surface area contributed by atoms with Crippen LogP contribution in [0.4, 0.5) is 13.2 Å². The number of nitrogens with one attached hydrogen (secondary N) is 1. The van der Waals surface area contributed by atoms with Gasteiger partial charge in [0.1, 0.15) is 11.6 Å². The molecule has 0 bridgehead atoms. The van der Waals surface area contributed by atoms with Gasteiger partial charge in [-0.25, -0.2) is 4.39 Å². The summed E-state index contributed by atoms with van der Waals surface area (Å²) in [6, 6.07) is 10.6. The Hall–Kier alpha value is -1.53. The van der Waals surface area contributed by atoms with Gasteiger partial charge >= 0.3 is 6.61 Å². The van der Waals surface area contributed by atoms with E-state index in [1.165, 1.54) is 6.07 Å². The summed E-state index contributed by atoms with van der Waals surface area (Å²) in [5.74, 6) is -0.421. The molecule has 112 valence electrons. The van der Waals surface area contributed by atoms with Crippen LogP contribution in [-0.2, 0) is 0 Å². The molecule has 0 heterocycles. The Balaban J connectivity index is 2.49. The lowest BCUT2D eigenvalue weighted by Gasteiger charge is -2.21. The lowest BCUT2D eigenvalue weighted by atomic mass is 9.97. The molecule has 0 spiro atoms. The zero-order valence-corrected chi connectivity index (χ0v) is 12.7. The SMILES string of the molecule is CNC(c1ccccc1OC(F)F)c1cccc(Br)c1F. The standard InChI is InChI=1S/C15H13BrF3NO/c1-20-14(10-6-4-7-11(16)13(10)17)9-5-2-3-8-12(9)21-15(18)19/h2-8,14-15,20H,1H3. The van der Waals surface area contributed by atoms with Crippen LogP contribution >= 0.6 is 15.9 Å². The number of halogens is 4. The van der Waals surface area contributed by atoms with E-state index in [4.69, 9.17) is 0 Å². The van der Waals surface area contributed by atoms with E-state index in [0.717, 1.165) is 0 Å². The fourth-order valence-corrected chi connectivity index (χ4v) is 2.53. The zero-order valence-electron chi connectivity index (χ0n) is 11.1. The lowest BCUT2D eigenvalue weighted by Crippen LogP contribution is -2.20. The van der Waals surface area contributed by atoms with Crippen LogP contribution in [0.3, 0.4) is 0 Å². The molecule has 0 aliphatic heterocycles. The first-order valence-corrected chi connectivity index (χ1v) is 6.98. The first-order chi connectivity index (χ1) is 10.0. The highest BCUT2D eigenvalue weighted by Gasteiger charge is 2.22. The van der Waals surface area contributed by atoms with Gasteiger partial charge in [0.2, 0.25) is 0 Å². The van der Waals surface area contributed by atoms with Crippen molar-refractivity contribution in [3.8, 4) is 5.75 Å². The van der Waals surface area contributed by atoms with Gasteiger partial charge in [0.05, 0.1) is 10.5 Å². The Kier molecular flexibility index (Phi) is 5.25. The van der Waals surface area contributed by atoms with E-state index >= 15 is 0 Å². The summed E-state index contributed by atoms with van der Waals surface area (Å²) in [6.45, 7) is -2.93. The van der Waals surface area contributed by atoms with E-state index in [9.17, 15) is 13.2 Å². The van der Waals surface area contributed by atoms with Crippen molar-refractivity contribution < 1.29 is 17.9 Å². The number of ether oxygens (including phenoxy) is 1. The highest BCUT2D eigenvalue weighted by atomic mass is 79.9. The Morgan fingerprint density at radius 2 is 1.71 bits per heavy atom. The van der Waals surface area contributed by atoms with Crippen molar-refractivity contribution >= 4 is 15.9 Å². The predicted molar refractivity (Wildman–Crippen MR) is 78.1 cm³/mol. The van der Waals surface area contributed by atoms with Gasteiger partial charge in [0.15, 0.2) is 0 Å². The molecule has 0 radical (unpaired) electrons. The predicted octanol–water partition coefficient (Wildman–Crippen LogP) is 4.50. The smallest absolute Gasteiger partial charge is 0.387 e. The largest absolute Gasteiger partial charge is 0.434 e. The van der Waals surface area contributed by atoms with Gasteiger partial charge < -0.3 is 10.1 Å². The molecule has 2 rings (SSSR count). The van der Waals surface area contributed by atoms with E-state index in [1.807, 2.05) is 0 Å². The number of benzene rings is 2. The molecule has 1 unspecified atom stereocenters. The van der Waals surface area contributed by atoms with Gasteiger partial charge in [-0.15, -0.1) is 0 Å². The van der Waals surface area contributed by atoms with Crippen molar-refractivity contribution in [3.05, 3.63) is 63.9 Å². The molecule has 0 saturated carbocycles. The molecule has 1 atom stereocenters. The van der Waals surface area contributed by atoms with Crippen molar-refractivity contribution in [1.82, 2.24) is 5.32 Å². The van der Waals surface area contributed by atoms with Crippen LogP contribution in [-0.4, -0.2) is 13.7 Å². The summed E-state index contributed by atoms with van der Waals surface area (Å²) in [5, 5.41) is 2.93. The van der Waals surface area contributed by atoms with Crippen LogP contribution in [0, 0.1) is 5.82 Å². The van der Waals surface area contributed by atoms with Crippen LogP contribution in [0.15, 0.2) is 46.9 Å². The number of hydrogen-bond acceptors (Lipinski definition) is 2. The topological polar surface area (TPSA) is 21.3 Å². The first kappa shape index (κ1) is 15.9. The summed E-state index contributed by atoms with van der Waals surface area (Å²) in [6.07, 6.45) is 0. The Morgan fingerprint density at radius 3 is 2.38 bits per heavy atom. The Morgan fingerprint density at radius 1 is 1.05 bits per heavy atom. The summed E-state index contributed by atoms with van der Waals surface area (Å²) in [4.78, 5) is 0. The van der Waals surface area contributed by atoms with E-state index in [1.54, 1.807) is 43.4 Å². The van der Waals surface area contributed by atoms with Crippen molar-refractivity contribution in [2.45, 2.75) is 12.7 Å². The quantitative estimate of drug-likeness (QED) is 0.848. The molecule has 0 fully saturated rings. The molecule has 0 saturated heterocycles. The molecular formula is C15H13BrF3NO. The van der Waals surface area contributed by atoms with Crippen LogP contribution < -0.4 is 10.1 Å². The van der Waals surface area contributed by atoms with E-state index < -0.39 is 18.5 Å². The van der Waals surface area contributed by atoms with Gasteiger partial charge in [-0.3, -0.25) is 0 Å². The first-order valence-electron chi connectivity index (χ1n) is 6.19. The van der Waals surface area contributed by atoms with E-state index in [-0.39, 0.29) is 5.75 Å². The molecule has 2 aromatic rings. The van der Waals surface area contributed by atoms with Gasteiger partial charge in [0.25, 0.3) is 0 Å². The van der Waals surface area contributed by atoms with Crippen molar-refractivity contribution in [1.29, 1.82) is 0 Å². The third-order valence-corrected chi connectivity index (χ3v) is 3.64. The highest BCUT2D eigenvalue weighted by molar-refractivity contribution is 9.10. The molecule has 1 N–H and O–H groups in total. The minimum atomic E-state index is -2.93. The number of alkyl halides is 2. The summed E-state index contributed by atoms with van der Waals surface area (Å²) in [5.41, 5.74) is 0.787. The molecule has 0 aliphatic carbocycles. The summed E-state index contributed by atoms with van der Waals surface area (Å²) >= 11 is 3.12. The van der Waals surface area contributed by atoms with Gasteiger partial charge in [-0.1, -0.05) is 30.3 Å². The van der Waals surface area contributed by atoms with Crippen molar-refractivity contribution in [2.75, 3.05) is 7.05 Å². The minimum Gasteiger partial charge on any atom is -0.434 e. The Bertz CT molecular complexity index is 622. The maximum atomic E-state index is 14.2. The average molecular weight is 360 g/mol. The van der Waals surface area contributed by atoms with E-state index in [0.29, 0.717) is 15.6 Å². The summed E-state index contributed by atoms with van der Waals surface area (Å²) < 4.78 is 44.0. The molecule has 0 aliphatic rings. The van der Waals surface area contributed by atoms with E-state index in [2.05, 4.69) is 26.0 Å². The number of rotatable bonds is 5. The molecule has 2 nitrogen and oxygen atoms in total. The Labute approximate surface area is 129 Å². The monoisotopic (exact) mass is 359 g/mol. The molecule has 0 aromatic heterocycles. The third-order valence-electron chi connectivity index (χ3n) is 3.03. The molecule has 2 aromatic carbocycles. The van der Waals surface area contributed by atoms with Gasteiger partial charge in [-0.2, -0.15) is 8.78 Å². The van der Waals surface area contributed by atoms with Crippen LogP contribution in [0.25, 0.3) is 0 Å². The fourth-order valence-electron chi connectivity index (χ4n) is 2.14. The highest BCUT2D eigenvalue weighted by Crippen LogP contribution is 2.33. The molecule has 0 amide bonds. The maximum absolute atomic E-state index is 14.2. The second-order valence-corrected chi connectivity index (χ2v) is 5.14. The van der Waals surface area contributed by atoms with Crippen molar-refractivity contribution in [3.63, 3.8) is 0 Å². The molecule has 21 heavy (non-hydrogen) atoms. The molecular weight excluding hydrogens is 347 g/mol. The van der Waals surface area contributed by atoms with Crippen LogP contribution in [0.1, 0.15) is 17.2 Å². The second kappa shape index (κ2) is 6.95. The van der Waals surface area contributed by atoms with Crippen molar-refractivity contribution in [2.24, 2.45) is 0 Å².